The number of carbonyl (C=O) groups excluding carboxylic acids is 1. The zero-order chi connectivity index (χ0) is 13.9. The van der Waals surface area contributed by atoms with Crippen molar-refractivity contribution in [1.82, 2.24) is 15.1 Å². The molecule has 1 aliphatic heterocycles. The molecule has 1 aliphatic carbocycles. The fraction of sp³-hybridized carbons (Fsp3) is 0.562. The molecule has 1 saturated heterocycles. The summed E-state index contributed by atoms with van der Waals surface area (Å²) in [6.07, 6.45) is 2.14. The van der Waals surface area contributed by atoms with Crippen LogP contribution in [0.2, 0.25) is 0 Å². The number of amides is 1. The topological polar surface area (TPSA) is 35.6 Å². The molecular formula is C16H23N3O. The lowest BCUT2D eigenvalue weighted by Gasteiger charge is -2.31. The number of nitrogens with one attached hydrogen (secondary N) is 1. The van der Waals surface area contributed by atoms with E-state index in [2.05, 4.69) is 41.5 Å². The van der Waals surface area contributed by atoms with E-state index in [0.717, 1.165) is 39.0 Å². The fourth-order valence-corrected chi connectivity index (χ4v) is 3.20. The van der Waals surface area contributed by atoms with Gasteiger partial charge >= 0.3 is 0 Å². The van der Waals surface area contributed by atoms with Crippen molar-refractivity contribution < 1.29 is 4.79 Å². The Morgan fingerprint density at radius 3 is 2.45 bits per heavy atom. The Balaban J connectivity index is 1.55. The molecule has 0 unspecified atom stereocenters. The van der Waals surface area contributed by atoms with Crippen molar-refractivity contribution in [3.8, 4) is 0 Å². The van der Waals surface area contributed by atoms with E-state index in [1.54, 1.807) is 0 Å². The van der Waals surface area contributed by atoms with Gasteiger partial charge in [-0.05, 0) is 31.0 Å². The van der Waals surface area contributed by atoms with Crippen molar-refractivity contribution in [2.24, 2.45) is 0 Å². The summed E-state index contributed by atoms with van der Waals surface area (Å²) in [5, 5.41) is 3.28. The van der Waals surface area contributed by atoms with Crippen molar-refractivity contribution in [3.05, 3.63) is 35.4 Å². The monoisotopic (exact) mass is 273 g/mol. The highest BCUT2D eigenvalue weighted by Crippen LogP contribution is 2.24. The van der Waals surface area contributed by atoms with Crippen molar-refractivity contribution in [2.75, 3.05) is 39.8 Å². The van der Waals surface area contributed by atoms with E-state index >= 15 is 0 Å². The Morgan fingerprint density at radius 2 is 1.85 bits per heavy atom. The highest BCUT2D eigenvalue weighted by molar-refractivity contribution is 5.78. The Kier molecular flexibility index (Phi) is 4.03. The van der Waals surface area contributed by atoms with Crippen LogP contribution < -0.4 is 5.32 Å². The van der Waals surface area contributed by atoms with Gasteiger partial charge < -0.3 is 10.2 Å². The third kappa shape index (κ3) is 2.86. The molecule has 20 heavy (non-hydrogen) atoms. The number of hydrogen-bond acceptors (Lipinski definition) is 3. The standard InChI is InChI=1S/C16H23N3O/c1-18(12-16(20)19-8-6-17-7-9-19)15-10-13-4-2-3-5-14(13)11-15/h2-5,15,17H,6-12H2,1H3. The minimum absolute atomic E-state index is 0.268. The number of hydrogen-bond donors (Lipinski definition) is 1. The summed E-state index contributed by atoms with van der Waals surface area (Å²) in [4.78, 5) is 16.5. The smallest absolute Gasteiger partial charge is 0.236 e. The van der Waals surface area contributed by atoms with Crippen LogP contribution in [0.1, 0.15) is 11.1 Å². The molecule has 1 aromatic rings. The Bertz CT molecular complexity index is 457. The molecule has 2 aliphatic rings. The first-order valence-corrected chi connectivity index (χ1v) is 7.49. The van der Waals surface area contributed by atoms with Crippen LogP contribution in [0.3, 0.4) is 0 Å². The highest BCUT2D eigenvalue weighted by Gasteiger charge is 2.26. The summed E-state index contributed by atoms with van der Waals surface area (Å²) >= 11 is 0. The van der Waals surface area contributed by atoms with Crippen LogP contribution in [0.4, 0.5) is 0 Å². The van der Waals surface area contributed by atoms with Crippen molar-refractivity contribution in [2.45, 2.75) is 18.9 Å². The van der Waals surface area contributed by atoms with E-state index in [9.17, 15) is 4.79 Å². The van der Waals surface area contributed by atoms with Crippen molar-refractivity contribution in [1.29, 1.82) is 0 Å². The number of benzene rings is 1. The Hall–Kier alpha value is -1.39. The van der Waals surface area contributed by atoms with E-state index in [4.69, 9.17) is 0 Å². The molecule has 0 bridgehead atoms. The van der Waals surface area contributed by atoms with Crippen LogP contribution in [0.15, 0.2) is 24.3 Å². The molecule has 3 rings (SSSR count). The van der Waals surface area contributed by atoms with E-state index in [1.165, 1.54) is 11.1 Å². The first-order valence-electron chi connectivity index (χ1n) is 7.49. The quantitative estimate of drug-likeness (QED) is 0.872. The van der Waals surface area contributed by atoms with Crippen LogP contribution in [0.25, 0.3) is 0 Å². The minimum Gasteiger partial charge on any atom is -0.339 e. The van der Waals surface area contributed by atoms with Gasteiger partial charge in [0.25, 0.3) is 0 Å². The number of piperazine rings is 1. The molecule has 1 heterocycles. The van der Waals surface area contributed by atoms with Gasteiger partial charge in [-0.3, -0.25) is 9.69 Å². The third-order valence-electron chi connectivity index (χ3n) is 4.51. The lowest BCUT2D eigenvalue weighted by Crippen LogP contribution is -2.50. The first-order chi connectivity index (χ1) is 9.74. The number of fused-ring (bicyclic) bond motifs is 1. The van der Waals surface area contributed by atoms with Gasteiger partial charge in [0.1, 0.15) is 0 Å². The third-order valence-corrected chi connectivity index (χ3v) is 4.51. The molecule has 0 atom stereocenters. The second-order valence-electron chi connectivity index (χ2n) is 5.88. The molecule has 4 heteroatoms. The second kappa shape index (κ2) is 5.94. The largest absolute Gasteiger partial charge is 0.339 e. The number of carbonyl (C=O) groups is 1. The second-order valence-corrected chi connectivity index (χ2v) is 5.88. The Labute approximate surface area is 120 Å². The molecule has 1 N–H and O–H groups in total. The van der Waals surface area contributed by atoms with Gasteiger partial charge in [0.05, 0.1) is 6.54 Å². The number of nitrogens with zero attached hydrogens (tertiary/aromatic N) is 2. The maximum absolute atomic E-state index is 12.3. The molecule has 108 valence electrons. The number of rotatable bonds is 3. The fourth-order valence-electron chi connectivity index (χ4n) is 3.20. The molecule has 4 nitrogen and oxygen atoms in total. The summed E-state index contributed by atoms with van der Waals surface area (Å²) in [6.45, 7) is 4.07. The molecule has 1 fully saturated rings. The van der Waals surface area contributed by atoms with E-state index in [0.29, 0.717) is 12.6 Å². The van der Waals surface area contributed by atoms with Gasteiger partial charge in [-0.2, -0.15) is 0 Å². The molecular weight excluding hydrogens is 250 g/mol. The summed E-state index contributed by atoms with van der Waals surface area (Å²) in [5.41, 5.74) is 2.89. The summed E-state index contributed by atoms with van der Waals surface area (Å²) in [5.74, 6) is 0.268. The lowest BCUT2D eigenvalue weighted by molar-refractivity contribution is -0.133. The van der Waals surface area contributed by atoms with Crippen LogP contribution in [0.5, 0.6) is 0 Å². The molecule has 0 radical (unpaired) electrons. The summed E-state index contributed by atoms with van der Waals surface area (Å²) < 4.78 is 0. The summed E-state index contributed by atoms with van der Waals surface area (Å²) in [7, 11) is 2.08. The summed E-state index contributed by atoms with van der Waals surface area (Å²) in [6, 6.07) is 9.10. The average molecular weight is 273 g/mol. The molecule has 0 saturated carbocycles. The maximum atomic E-state index is 12.3. The van der Waals surface area contributed by atoms with Crippen LogP contribution in [0, 0.1) is 0 Å². The Morgan fingerprint density at radius 1 is 1.25 bits per heavy atom. The lowest BCUT2D eigenvalue weighted by atomic mass is 10.1. The molecule has 1 amide bonds. The van der Waals surface area contributed by atoms with Crippen LogP contribution >= 0.6 is 0 Å². The minimum atomic E-state index is 0.268. The predicted molar refractivity (Wildman–Crippen MR) is 79.7 cm³/mol. The molecule has 0 aromatic heterocycles. The van der Waals surface area contributed by atoms with Gasteiger partial charge in [-0.1, -0.05) is 24.3 Å². The predicted octanol–water partition coefficient (Wildman–Crippen LogP) is 0.517. The molecule has 1 aromatic carbocycles. The first kappa shape index (κ1) is 13.6. The highest BCUT2D eigenvalue weighted by atomic mass is 16.2. The molecule has 0 spiro atoms. The van der Waals surface area contributed by atoms with Gasteiger partial charge in [0.15, 0.2) is 0 Å². The van der Waals surface area contributed by atoms with Gasteiger partial charge in [0.2, 0.25) is 5.91 Å². The van der Waals surface area contributed by atoms with E-state index in [-0.39, 0.29) is 5.91 Å². The zero-order valence-corrected chi connectivity index (χ0v) is 12.1. The van der Waals surface area contributed by atoms with E-state index in [1.807, 2.05) is 4.90 Å². The zero-order valence-electron chi connectivity index (χ0n) is 12.1. The van der Waals surface area contributed by atoms with Crippen LogP contribution in [-0.4, -0.2) is 61.5 Å². The SMILES string of the molecule is CN(CC(=O)N1CCNCC1)C1Cc2ccccc2C1. The maximum Gasteiger partial charge on any atom is 0.236 e. The normalized spacial score (nSPS) is 19.4. The average Bonchev–Trinajstić information content (AvgIpc) is 2.92. The van der Waals surface area contributed by atoms with Crippen molar-refractivity contribution >= 4 is 5.91 Å². The van der Waals surface area contributed by atoms with Gasteiger partial charge in [-0.15, -0.1) is 0 Å². The van der Waals surface area contributed by atoms with Crippen molar-refractivity contribution in [3.63, 3.8) is 0 Å². The number of likely N-dealkylation sites (N-methyl/N-ethyl adjacent to an activating group) is 1. The van der Waals surface area contributed by atoms with E-state index < -0.39 is 0 Å². The van der Waals surface area contributed by atoms with Crippen LogP contribution in [-0.2, 0) is 17.6 Å². The van der Waals surface area contributed by atoms with Gasteiger partial charge in [0, 0.05) is 32.2 Å². The van der Waals surface area contributed by atoms with Gasteiger partial charge in [-0.25, -0.2) is 0 Å².